The van der Waals surface area contributed by atoms with Crippen molar-refractivity contribution in [2.75, 3.05) is 17.0 Å². The molecule has 1 aliphatic heterocycles. The number of aryl methyl sites for hydroxylation is 1. The van der Waals surface area contributed by atoms with Crippen LogP contribution in [0.15, 0.2) is 35.5 Å². The fourth-order valence-electron chi connectivity index (χ4n) is 5.30. The standard InChI is InChI=1S/C25H31N5O4S/c1-3-23(31)29-10-9-20-14-30(26-21(20)15-29)13-19-11-17(2)24-22(12-19)34-27-25(24)28-35(32,33)16-18-7-5-4-6-8-18/h3,11-12,14,18H,1,4-10,13,15-16H2,2H3,(H,27,28). The molecule has 1 saturated carbocycles. The van der Waals surface area contributed by atoms with Gasteiger partial charge in [0.2, 0.25) is 15.9 Å². The fraction of sp³-hybridized carbons (Fsp3) is 0.480. The number of amides is 1. The molecule has 0 unspecified atom stereocenters. The summed E-state index contributed by atoms with van der Waals surface area (Å²) >= 11 is 0. The molecule has 0 radical (unpaired) electrons. The summed E-state index contributed by atoms with van der Waals surface area (Å²) in [5.74, 6) is 0.496. The molecule has 1 aromatic carbocycles. The van der Waals surface area contributed by atoms with Crippen LogP contribution in [0.4, 0.5) is 5.82 Å². The predicted octanol–water partition coefficient (Wildman–Crippen LogP) is 3.77. The molecular weight excluding hydrogens is 466 g/mol. The van der Waals surface area contributed by atoms with Gasteiger partial charge < -0.3 is 9.42 Å². The molecule has 1 aliphatic carbocycles. The summed E-state index contributed by atoms with van der Waals surface area (Å²) in [6.45, 7) is 7.16. The minimum absolute atomic E-state index is 0.0817. The van der Waals surface area contributed by atoms with Crippen molar-refractivity contribution in [3.05, 3.63) is 53.4 Å². The highest BCUT2D eigenvalue weighted by molar-refractivity contribution is 7.92. The number of fused-ring (bicyclic) bond motifs is 2. The molecule has 0 spiro atoms. The molecule has 35 heavy (non-hydrogen) atoms. The van der Waals surface area contributed by atoms with E-state index in [2.05, 4.69) is 21.6 Å². The number of sulfonamides is 1. The highest BCUT2D eigenvalue weighted by Crippen LogP contribution is 2.30. The minimum atomic E-state index is -3.51. The van der Waals surface area contributed by atoms with Gasteiger partial charge in [0.05, 0.1) is 29.9 Å². The third kappa shape index (κ3) is 5.12. The number of hydrogen-bond donors (Lipinski definition) is 1. The van der Waals surface area contributed by atoms with Crippen LogP contribution in [0.5, 0.6) is 0 Å². The summed E-state index contributed by atoms with van der Waals surface area (Å²) in [4.78, 5) is 13.7. The first-order valence-electron chi connectivity index (χ1n) is 12.2. The molecule has 2 aromatic heterocycles. The monoisotopic (exact) mass is 497 g/mol. The van der Waals surface area contributed by atoms with Crippen LogP contribution < -0.4 is 4.72 Å². The molecule has 3 aromatic rings. The van der Waals surface area contributed by atoms with E-state index in [9.17, 15) is 13.2 Å². The van der Waals surface area contributed by atoms with E-state index in [1.54, 1.807) is 4.90 Å². The van der Waals surface area contributed by atoms with E-state index in [4.69, 9.17) is 4.52 Å². The van der Waals surface area contributed by atoms with Crippen LogP contribution in [0.2, 0.25) is 0 Å². The smallest absolute Gasteiger partial charge is 0.246 e. The minimum Gasteiger partial charge on any atom is -0.354 e. The SMILES string of the molecule is C=CC(=O)N1CCc2cn(Cc3cc(C)c4c(NS(=O)(=O)CC5CCCCC5)noc4c3)nc2C1. The first-order valence-corrected chi connectivity index (χ1v) is 13.8. The molecule has 0 bridgehead atoms. The molecule has 0 atom stereocenters. The van der Waals surface area contributed by atoms with Gasteiger partial charge in [0, 0.05) is 12.7 Å². The van der Waals surface area contributed by atoms with Gasteiger partial charge >= 0.3 is 0 Å². The number of carbonyl (C=O) groups excluding carboxylic acids is 1. The van der Waals surface area contributed by atoms with E-state index < -0.39 is 10.0 Å². The summed E-state index contributed by atoms with van der Waals surface area (Å²) in [5.41, 5.74) is 4.44. The topological polar surface area (TPSA) is 110 Å². The largest absolute Gasteiger partial charge is 0.354 e. The average molecular weight is 498 g/mol. The van der Waals surface area contributed by atoms with Gasteiger partial charge in [-0.15, -0.1) is 0 Å². The van der Waals surface area contributed by atoms with Crippen LogP contribution in [-0.2, 0) is 34.3 Å². The molecule has 9 nitrogen and oxygen atoms in total. The maximum Gasteiger partial charge on any atom is 0.246 e. The lowest BCUT2D eigenvalue weighted by Crippen LogP contribution is -2.34. The van der Waals surface area contributed by atoms with Gasteiger partial charge in [0.15, 0.2) is 11.4 Å². The maximum absolute atomic E-state index is 12.8. The second-order valence-electron chi connectivity index (χ2n) is 9.72. The zero-order chi connectivity index (χ0) is 24.6. The highest BCUT2D eigenvalue weighted by atomic mass is 32.2. The van der Waals surface area contributed by atoms with Crippen LogP contribution in [0.25, 0.3) is 11.0 Å². The summed E-state index contributed by atoms with van der Waals surface area (Å²) in [6.07, 6.45) is 9.43. The summed E-state index contributed by atoms with van der Waals surface area (Å²) < 4.78 is 35.6. The highest BCUT2D eigenvalue weighted by Gasteiger charge is 2.25. The van der Waals surface area contributed by atoms with Crippen molar-refractivity contribution < 1.29 is 17.7 Å². The number of carbonyl (C=O) groups is 1. The zero-order valence-electron chi connectivity index (χ0n) is 20.0. The Morgan fingerprint density at radius 1 is 1.29 bits per heavy atom. The molecule has 10 heteroatoms. The lowest BCUT2D eigenvalue weighted by atomic mass is 9.91. The number of nitrogens with zero attached hydrogens (tertiary/aromatic N) is 4. The van der Waals surface area contributed by atoms with Crippen molar-refractivity contribution in [3.8, 4) is 0 Å². The van der Waals surface area contributed by atoms with E-state index >= 15 is 0 Å². The molecule has 1 amide bonds. The quantitative estimate of drug-likeness (QED) is 0.498. The van der Waals surface area contributed by atoms with Crippen molar-refractivity contribution >= 4 is 32.7 Å². The van der Waals surface area contributed by atoms with Crippen molar-refractivity contribution in [1.29, 1.82) is 0 Å². The van der Waals surface area contributed by atoms with E-state index in [0.29, 0.717) is 30.6 Å². The van der Waals surface area contributed by atoms with Gasteiger partial charge in [-0.25, -0.2) is 8.42 Å². The van der Waals surface area contributed by atoms with Gasteiger partial charge in [0.25, 0.3) is 0 Å². The van der Waals surface area contributed by atoms with Crippen LogP contribution in [0.3, 0.4) is 0 Å². The van der Waals surface area contributed by atoms with Crippen molar-refractivity contribution in [2.45, 2.75) is 58.5 Å². The Kier molecular flexibility index (Phi) is 6.39. The van der Waals surface area contributed by atoms with Crippen molar-refractivity contribution in [2.24, 2.45) is 5.92 Å². The molecule has 186 valence electrons. The van der Waals surface area contributed by atoms with Gasteiger partial charge in [-0.3, -0.25) is 14.2 Å². The third-order valence-corrected chi connectivity index (χ3v) is 8.43. The number of nitrogens with one attached hydrogen (secondary N) is 1. The fourth-order valence-corrected chi connectivity index (χ4v) is 6.77. The number of aromatic nitrogens is 3. The number of rotatable bonds is 7. The van der Waals surface area contributed by atoms with E-state index in [-0.39, 0.29) is 23.4 Å². The Balaban J connectivity index is 1.32. The van der Waals surface area contributed by atoms with Gasteiger partial charge in [-0.1, -0.05) is 37.1 Å². The van der Waals surface area contributed by atoms with Crippen LogP contribution >= 0.6 is 0 Å². The number of hydrogen-bond acceptors (Lipinski definition) is 6. The summed E-state index contributed by atoms with van der Waals surface area (Å²) in [7, 11) is -3.51. The molecular formula is C25H31N5O4S. The normalized spacial score (nSPS) is 16.9. The van der Waals surface area contributed by atoms with E-state index in [1.165, 1.54) is 12.5 Å². The van der Waals surface area contributed by atoms with Crippen molar-refractivity contribution in [1.82, 2.24) is 19.8 Å². The van der Waals surface area contributed by atoms with Crippen LogP contribution in [0, 0.1) is 12.8 Å². The van der Waals surface area contributed by atoms with Crippen LogP contribution in [0.1, 0.15) is 54.5 Å². The molecule has 0 saturated heterocycles. The van der Waals surface area contributed by atoms with Gasteiger partial charge in [-0.05, 0) is 60.9 Å². The Hall–Kier alpha value is -3.14. The molecule has 1 fully saturated rings. The summed E-state index contributed by atoms with van der Waals surface area (Å²) in [6, 6.07) is 3.88. The molecule has 3 heterocycles. The van der Waals surface area contributed by atoms with E-state index in [1.807, 2.05) is 29.9 Å². The van der Waals surface area contributed by atoms with Gasteiger partial charge in [0.1, 0.15) is 0 Å². The maximum atomic E-state index is 12.8. The van der Waals surface area contributed by atoms with E-state index in [0.717, 1.165) is 54.5 Å². The molecule has 1 N–H and O–H groups in total. The first kappa shape index (κ1) is 23.6. The van der Waals surface area contributed by atoms with Crippen molar-refractivity contribution in [3.63, 3.8) is 0 Å². The van der Waals surface area contributed by atoms with Gasteiger partial charge in [-0.2, -0.15) is 5.10 Å². The Morgan fingerprint density at radius 3 is 2.86 bits per heavy atom. The molecule has 2 aliphatic rings. The Morgan fingerprint density at radius 2 is 2.09 bits per heavy atom. The average Bonchev–Trinajstić information content (AvgIpc) is 3.41. The second-order valence-corrected chi connectivity index (χ2v) is 11.5. The Labute approximate surface area is 205 Å². The lowest BCUT2D eigenvalue weighted by Gasteiger charge is -2.24. The lowest BCUT2D eigenvalue weighted by molar-refractivity contribution is -0.126. The number of anilines is 1. The molecule has 5 rings (SSSR count). The third-order valence-electron chi connectivity index (χ3n) is 7.01. The zero-order valence-corrected chi connectivity index (χ0v) is 20.8. The number of benzene rings is 1. The van der Waals surface area contributed by atoms with Crippen LogP contribution in [-0.4, -0.2) is 46.5 Å². The Bertz CT molecular complexity index is 1370. The predicted molar refractivity (Wildman–Crippen MR) is 133 cm³/mol. The first-order chi connectivity index (χ1) is 16.8. The second kappa shape index (κ2) is 9.49. The summed E-state index contributed by atoms with van der Waals surface area (Å²) in [5, 5.41) is 9.40.